The van der Waals surface area contributed by atoms with Crippen LogP contribution in [-0.2, 0) is 4.74 Å². The van der Waals surface area contributed by atoms with Gasteiger partial charge in [-0.25, -0.2) is 14.6 Å². The number of fused-ring (bicyclic) bond motifs is 1. The lowest BCUT2D eigenvalue weighted by atomic mass is 10.1. The van der Waals surface area contributed by atoms with Gasteiger partial charge in [0.1, 0.15) is 36.2 Å². The van der Waals surface area contributed by atoms with Crippen LogP contribution in [0.5, 0.6) is 0 Å². The Morgan fingerprint density at radius 1 is 1.35 bits per heavy atom. The second kappa shape index (κ2) is 5.58. The van der Waals surface area contributed by atoms with E-state index < -0.39 is 31.1 Å². The van der Waals surface area contributed by atoms with E-state index in [0.717, 1.165) is 4.68 Å². The molecule has 1 aliphatic rings. The lowest BCUT2D eigenvalue weighted by Crippen LogP contribution is -2.33. The van der Waals surface area contributed by atoms with Crippen molar-refractivity contribution in [2.24, 2.45) is 10.9 Å². The Labute approximate surface area is 128 Å². The zero-order valence-corrected chi connectivity index (χ0v) is 11.7. The van der Waals surface area contributed by atoms with Crippen LogP contribution in [-0.4, -0.2) is 71.0 Å². The Hall–Kier alpha value is -2.54. The average molecular weight is 325 g/mol. The van der Waals surface area contributed by atoms with Gasteiger partial charge in [-0.2, -0.15) is 5.10 Å². The molecule has 124 valence electrons. The van der Waals surface area contributed by atoms with Crippen molar-refractivity contribution < 1.29 is 25.3 Å². The summed E-state index contributed by atoms with van der Waals surface area (Å²) >= 11 is 0. The van der Waals surface area contributed by atoms with Gasteiger partial charge in [0.25, 0.3) is 0 Å². The molecule has 1 saturated heterocycles. The van der Waals surface area contributed by atoms with Gasteiger partial charge in [-0.05, 0) is 0 Å². The summed E-state index contributed by atoms with van der Waals surface area (Å²) in [6.45, 7) is -0.488. The highest BCUT2D eigenvalue weighted by Crippen LogP contribution is 2.32. The molecule has 0 aliphatic carbocycles. The number of amidine groups is 1. The van der Waals surface area contributed by atoms with Crippen molar-refractivity contribution in [2.45, 2.75) is 24.5 Å². The van der Waals surface area contributed by atoms with Crippen LogP contribution in [0.15, 0.2) is 11.5 Å². The molecule has 0 aromatic carbocycles. The molecule has 8 N–H and O–H groups in total. The van der Waals surface area contributed by atoms with Gasteiger partial charge in [0, 0.05) is 0 Å². The molecule has 0 bridgehead atoms. The fraction of sp³-hybridized carbons (Fsp3) is 0.455. The minimum Gasteiger partial charge on any atom is -0.409 e. The molecule has 4 atom stereocenters. The van der Waals surface area contributed by atoms with Crippen molar-refractivity contribution >= 4 is 22.7 Å². The second-order valence-electron chi connectivity index (χ2n) is 4.96. The number of aliphatic hydroxyl groups excluding tert-OH is 3. The van der Waals surface area contributed by atoms with Gasteiger partial charge in [0.15, 0.2) is 17.7 Å². The lowest BCUT2D eigenvalue weighted by Gasteiger charge is -2.15. The van der Waals surface area contributed by atoms with E-state index in [1.807, 2.05) is 0 Å². The van der Waals surface area contributed by atoms with Gasteiger partial charge in [0.2, 0.25) is 0 Å². The van der Waals surface area contributed by atoms with E-state index in [9.17, 15) is 10.2 Å². The molecule has 1 fully saturated rings. The van der Waals surface area contributed by atoms with Crippen molar-refractivity contribution in [3.8, 4) is 0 Å². The van der Waals surface area contributed by atoms with E-state index in [-0.39, 0.29) is 28.4 Å². The molecule has 3 rings (SSSR count). The number of hydrogen-bond donors (Lipinski definition) is 6. The third kappa shape index (κ3) is 2.24. The molecule has 2 aromatic rings. The monoisotopic (exact) mass is 325 g/mol. The van der Waals surface area contributed by atoms with Crippen LogP contribution in [0.4, 0.5) is 5.82 Å². The number of ether oxygens (including phenoxy) is 1. The summed E-state index contributed by atoms with van der Waals surface area (Å²) in [5.74, 6) is -0.295. The molecule has 0 unspecified atom stereocenters. The number of oxime groups is 1. The summed E-state index contributed by atoms with van der Waals surface area (Å²) < 4.78 is 6.55. The highest BCUT2D eigenvalue weighted by Gasteiger charge is 2.45. The molecule has 0 radical (unpaired) electrons. The minimum absolute atomic E-state index is 0.00154. The summed E-state index contributed by atoms with van der Waals surface area (Å²) in [6.07, 6.45) is -3.63. The number of nitrogens with two attached hydrogens (primary N) is 2. The maximum atomic E-state index is 10.1. The number of rotatable bonds is 3. The smallest absolute Gasteiger partial charge is 0.191 e. The van der Waals surface area contributed by atoms with Gasteiger partial charge in [0.05, 0.1) is 12.0 Å². The summed E-state index contributed by atoms with van der Waals surface area (Å²) in [7, 11) is 0. The first-order valence-electron chi connectivity index (χ1n) is 6.58. The van der Waals surface area contributed by atoms with Crippen molar-refractivity contribution in [3.05, 3.63) is 12.0 Å². The number of anilines is 1. The predicted molar refractivity (Wildman–Crippen MR) is 75.3 cm³/mol. The zero-order chi connectivity index (χ0) is 16.7. The molecule has 12 heteroatoms. The minimum atomic E-state index is -1.37. The summed E-state index contributed by atoms with van der Waals surface area (Å²) in [5, 5.41) is 45.2. The molecule has 23 heavy (non-hydrogen) atoms. The number of aromatic nitrogens is 4. The molecule has 12 nitrogen and oxygen atoms in total. The van der Waals surface area contributed by atoms with E-state index in [1.165, 1.54) is 6.33 Å². The molecule has 0 saturated carbocycles. The van der Waals surface area contributed by atoms with E-state index >= 15 is 0 Å². The molecule has 2 aromatic heterocycles. The normalized spacial score (nSPS) is 28.6. The number of nitrogen functional groups attached to an aromatic ring is 1. The topological polar surface area (TPSA) is 198 Å². The molecule has 3 heterocycles. The van der Waals surface area contributed by atoms with Gasteiger partial charge < -0.3 is 36.7 Å². The maximum absolute atomic E-state index is 10.1. The Balaban J connectivity index is 2.18. The highest BCUT2D eigenvalue weighted by atomic mass is 16.6. The van der Waals surface area contributed by atoms with E-state index in [2.05, 4.69) is 20.2 Å². The molecule has 0 amide bonds. The van der Waals surface area contributed by atoms with Gasteiger partial charge in [-0.15, -0.1) is 0 Å². The molecule has 1 aliphatic heterocycles. The van der Waals surface area contributed by atoms with Crippen LogP contribution in [0.2, 0.25) is 0 Å². The average Bonchev–Trinajstić information content (AvgIpc) is 3.07. The van der Waals surface area contributed by atoms with E-state index in [1.54, 1.807) is 0 Å². The zero-order valence-electron chi connectivity index (χ0n) is 11.7. The quantitative estimate of drug-likeness (QED) is 0.147. The maximum Gasteiger partial charge on any atom is 0.191 e. The van der Waals surface area contributed by atoms with E-state index in [0.29, 0.717) is 0 Å². The van der Waals surface area contributed by atoms with Crippen molar-refractivity contribution in [2.75, 3.05) is 12.3 Å². The van der Waals surface area contributed by atoms with Crippen molar-refractivity contribution in [3.63, 3.8) is 0 Å². The predicted octanol–water partition coefficient (Wildman–Crippen LogP) is -2.89. The number of hydrogen-bond acceptors (Lipinski definition) is 10. The Kier molecular flexibility index (Phi) is 3.73. The fourth-order valence-electron chi connectivity index (χ4n) is 2.48. The molecular formula is C11H15N7O5. The van der Waals surface area contributed by atoms with Crippen LogP contribution >= 0.6 is 0 Å². The van der Waals surface area contributed by atoms with Crippen LogP contribution in [0.25, 0.3) is 11.0 Å². The first kappa shape index (κ1) is 15.4. The first-order valence-corrected chi connectivity index (χ1v) is 6.58. The molecular weight excluding hydrogens is 310 g/mol. The SMILES string of the molecule is NC(=NO)c1nn([C@@H]2O[C@H](CO)[C@@H](O)[C@H]2O)c2ncnc(N)c12. The van der Waals surface area contributed by atoms with Crippen LogP contribution < -0.4 is 11.5 Å². The van der Waals surface area contributed by atoms with Crippen molar-refractivity contribution in [1.29, 1.82) is 0 Å². The van der Waals surface area contributed by atoms with Gasteiger partial charge in [-0.3, -0.25) is 0 Å². The summed E-state index contributed by atoms with van der Waals surface area (Å²) in [5.41, 5.74) is 11.5. The first-order chi connectivity index (χ1) is 11.0. The summed E-state index contributed by atoms with van der Waals surface area (Å²) in [6, 6.07) is 0. The third-order valence-corrected chi connectivity index (χ3v) is 3.63. The number of aliphatic hydroxyl groups is 3. The van der Waals surface area contributed by atoms with E-state index in [4.69, 9.17) is 26.5 Å². The Morgan fingerprint density at radius 3 is 2.70 bits per heavy atom. The standard InChI is InChI=1S/C11H15N7O5/c12-8-4-5(9(13)17-22)16-18(10(4)15-2-14-8)11-7(21)6(20)3(1-19)23-11/h2-3,6-7,11,19-22H,1H2,(H2,13,17)(H2,12,14,15)/t3-,6-,7-,11-/m1/s1. The van der Waals surface area contributed by atoms with Crippen molar-refractivity contribution in [1.82, 2.24) is 19.7 Å². The summed E-state index contributed by atoms with van der Waals surface area (Å²) in [4.78, 5) is 7.83. The molecule has 0 spiro atoms. The lowest BCUT2D eigenvalue weighted by molar-refractivity contribution is -0.0566. The van der Waals surface area contributed by atoms with Crippen LogP contribution in [0, 0.1) is 0 Å². The van der Waals surface area contributed by atoms with Gasteiger partial charge >= 0.3 is 0 Å². The Bertz CT molecular complexity index is 763. The number of nitrogens with zero attached hydrogens (tertiary/aromatic N) is 5. The third-order valence-electron chi connectivity index (χ3n) is 3.63. The Morgan fingerprint density at radius 2 is 2.09 bits per heavy atom. The fourth-order valence-corrected chi connectivity index (χ4v) is 2.48. The van der Waals surface area contributed by atoms with Gasteiger partial charge in [-0.1, -0.05) is 5.16 Å². The largest absolute Gasteiger partial charge is 0.409 e. The highest BCUT2D eigenvalue weighted by molar-refractivity contribution is 6.09. The van der Waals surface area contributed by atoms with Crippen LogP contribution in [0.1, 0.15) is 11.9 Å². The second-order valence-corrected chi connectivity index (χ2v) is 4.96. The van der Waals surface area contributed by atoms with Crippen LogP contribution in [0.3, 0.4) is 0 Å².